The lowest BCUT2D eigenvalue weighted by Gasteiger charge is -2.07. The summed E-state index contributed by atoms with van der Waals surface area (Å²) in [6.45, 7) is 0. The van der Waals surface area contributed by atoms with Crippen LogP contribution in [0.5, 0.6) is 0 Å². The van der Waals surface area contributed by atoms with Crippen molar-refractivity contribution in [1.29, 1.82) is 0 Å². The van der Waals surface area contributed by atoms with Gasteiger partial charge in [-0.05, 0) is 39.5 Å². The van der Waals surface area contributed by atoms with Gasteiger partial charge in [-0.1, -0.05) is 18.2 Å². The van der Waals surface area contributed by atoms with Crippen LogP contribution in [0.25, 0.3) is 0 Å². The molecule has 100 valence electrons. The van der Waals surface area contributed by atoms with E-state index in [9.17, 15) is 13.2 Å². The van der Waals surface area contributed by atoms with Gasteiger partial charge in [0.25, 0.3) is 15.9 Å². The molecule has 1 aromatic carbocycles. The van der Waals surface area contributed by atoms with Gasteiger partial charge in [-0.15, -0.1) is 16.2 Å². The molecule has 5 nitrogen and oxygen atoms in total. The molecule has 0 bridgehead atoms. The van der Waals surface area contributed by atoms with Crippen molar-refractivity contribution in [1.82, 2.24) is 10.3 Å². The number of hydrogen-bond acceptors (Lipinski definition) is 4. The highest BCUT2D eigenvalue weighted by atomic mass is 79.9. The number of carbonyl (C=O) groups is 1. The summed E-state index contributed by atoms with van der Waals surface area (Å²) in [7, 11) is -3.71. The maximum absolute atomic E-state index is 11.8. The fraction of sp³-hybridized carbons (Fsp3) is 0. The van der Waals surface area contributed by atoms with Gasteiger partial charge >= 0.3 is 0 Å². The lowest BCUT2D eigenvalue weighted by atomic mass is 10.2. The number of benzene rings is 1. The first-order chi connectivity index (χ1) is 9.00. The average Bonchev–Trinajstić information content (AvgIpc) is 2.91. The summed E-state index contributed by atoms with van der Waals surface area (Å²) in [4.78, 5) is 13.9. The second-order valence-corrected chi connectivity index (χ2v) is 7.18. The standard InChI is InChI=1S/C11H9BrN2O3S2/c12-9-5-2-1-4-8(9)11(15)13-14-19(16,17)10-6-3-7-18-10/h1-7,14H,(H,13,15). The van der Waals surface area contributed by atoms with Crippen molar-refractivity contribution >= 4 is 43.2 Å². The quantitative estimate of drug-likeness (QED) is 0.820. The summed E-state index contributed by atoms with van der Waals surface area (Å²) in [6.07, 6.45) is 0. The van der Waals surface area contributed by atoms with E-state index in [4.69, 9.17) is 0 Å². The van der Waals surface area contributed by atoms with Crippen molar-refractivity contribution in [2.24, 2.45) is 0 Å². The molecule has 0 saturated carbocycles. The molecule has 8 heteroatoms. The van der Waals surface area contributed by atoms with Crippen molar-refractivity contribution in [3.05, 3.63) is 51.8 Å². The summed E-state index contributed by atoms with van der Waals surface area (Å²) < 4.78 is 24.3. The van der Waals surface area contributed by atoms with Crippen molar-refractivity contribution in [3.8, 4) is 0 Å². The van der Waals surface area contributed by atoms with Crippen LogP contribution in [-0.2, 0) is 10.0 Å². The maximum Gasteiger partial charge on any atom is 0.267 e. The average molecular weight is 361 g/mol. The second-order valence-electron chi connectivity index (χ2n) is 3.47. The number of nitrogens with one attached hydrogen (secondary N) is 2. The molecular weight excluding hydrogens is 352 g/mol. The lowest BCUT2D eigenvalue weighted by Crippen LogP contribution is -2.41. The third-order valence-corrected chi connectivity index (χ3v) is 5.51. The molecule has 0 radical (unpaired) electrons. The molecule has 1 amide bonds. The predicted octanol–water partition coefficient (Wildman–Crippen LogP) is 2.13. The third-order valence-electron chi connectivity index (χ3n) is 2.18. The van der Waals surface area contributed by atoms with Gasteiger partial charge in [0.2, 0.25) is 0 Å². The topological polar surface area (TPSA) is 75.3 Å². The zero-order valence-electron chi connectivity index (χ0n) is 9.46. The smallest absolute Gasteiger partial charge is 0.267 e. The Bertz CT molecular complexity index is 684. The first-order valence-corrected chi connectivity index (χ1v) is 8.26. The van der Waals surface area contributed by atoms with Crippen LogP contribution >= 0.6 is 27.3 Å². The van der Waals surface area contributed by atoms with Gasteiger partial charge in [-0.3, -0.25) is 10.2 Å². The summed E-state index contributed by atoms with van der Waals surface area (Å²) in [6, 6.07) is 9.80. The van der Waals surface area contributed by atoms with E-state index in [-0.39, 0.29) is 4.21 Å². The Balaban J connectivity index is 2.08. The molecule has 1 aromatic heterocycles. The molecule has 2 rings (SSSR count). The number of rotatable bonds is 4. The van der Waals surface area contributed by atoms with E-state index in [0.29, 0.717) is 10.0 Å². The van der Waals surface area contributed by atoms with Gasteiger partial charge in [0.1, 0.15) is 4.21 Å². The maximum atomic E-state index is 11.8. The van der Waals surface area contributed by atoms with Crippen molar-refractivity contribution in [3.63, 3.8) is 0 Å². The van der Waals surface area contributed by atoms with Gasteiger partial charge in [-0.25, -0.2) is 8.42 Å². The van der Waals surface area contributed by atoms with Crippen LogP contribution in [0.1, 0.15) is 10.4 Å². The summed E-state index contributed by atoms with van der Waals surface area (Å²) in [5.74, 6) is -0.535. The highest BCUT2D eigenvalue weighted by Crippen LogP contribution is 2.16. The highest BCUT2D eigenvalue weighted by molar-refractivity contribution is 9.10. The van der Waals surface area contributed by atoms with E-state index in [1.54, 1.807) is 35.7 Å². The van der Waals surface area contributed by atoms with Crippen LogP contribution in [0.2, 0.25) is 0 Å². The Morgan fingerprint density at radius 3 is 2.53 bits per heavy atom. The first-order valence-electron chi connectivity index (χ1n) is 5.11. The number of amides is 1. The van der Waals surface area contributed by atoms with Crippen LogP contribution in [0.15, 0.2) is 50.5 Å². The van der Waals surface area contributed by atoms with Crippen LogP contribution in [-0.4, -0.2) is 14.3 Å². The van der Waals surface area contributed by atoms with Crippen LogP contribution < -0.4 is 10.3 Å². The normalized spacial score (nSPS) is 11.2. The van der Waals surface area contributed by atoms with E-state index in [1.807, 2.05) is 4.83 Å². The Hall–Kier alpha value is -1.22. The van der Waals surface area contributed by atoms with Crippen LogP contribution in [0.3, 0.4) is 0 Å². The Morgan fingerprint density at radius 1 is 1.16 bits per heavy atom. The molecule has 19 heavy (non-hydrogen) atoms. The monoisotopic (exact) mass is 360 g/mol. The van der Waals surface area contributed by atoms with Gasteiger partial charge in [0.15, 0.2) is 0 Å². The summed E-state index contributed by atoms with van der Waals surface area (Å²) in [5, 5.41) is 1.64. The van der Waals surface area contributed by atoms with Crippen molar-refractivity contribution in [2.45, 2.75) is 4.21 Å². The number of carbonyl (C=O) groups excluding carboxylic acids is 1. The molecule has 0 aliphatic rings. The van der Waals surface area contributed by atoms with Gasteiger partial charge in [0, 0.05) is 4.47 Å². The molecule has 2 aromatic rings. The summed E-state index contributed by atoms with van der Waals surface area (Å²) >= 11 is 4.29. The minimum absolute atomic E-state index is 0.139. The zero-order valence-corrected chi connectivity index (χ0v) is 12.7. The van der Waals surface area contributed by atoms with Gasteiger partial charge in [0.05, 0.1) is 5.56 Å². The van der Waals surface area contributed by atoms with Crippen molar-refractivity contribution < 1.29 is 13.2 Å². The van der Waals surface area contributed by atoms with Gasteiger partial charge in [-0.2, -0.15) is 0 Å². The minimum Gasteiger partial charge on any atom is -0.273 e. The molecule has 1 heterocycles. The van der Waals surface area contributed by atoms with Gasteiger partial charge < -0.3 is 0 Å². The molecule has 0 fully saturated rings. The van der Waals surface area contributed by atoms with Crippen molar-refractivity contribution in [2.75, 3.05) is 0 Å². The first kappa shape index (κ1) is 14.2. The Morgan fingerprint density at radius 2 is 1.89 bits per heavy atom. The molecular formula is C11H9BrN2O3S2. The molecule has 0 spiro atoms. The lowest BCUT2D eigenvalue weighted by molar-refractivity contribution is 0.0944. The molecule has 0 unspecified atom stereocenters. The number of halogens is 1. The van der Waals surface area contributed by atoms with E-state index in [1.165, 1.54) is 6.07 Å². The highest BCUT2D eigenvalue weighted by Gasteiger charge is 2.17. The van der Waals surface area contributed by atoms with E-state index < -0.39 is 15.9 Å². The number of sulfonamides is 1. The fourth-order valence-corrected chi connectivity index (χ4v) is 3.59. The number of thiophene rings is 1. The fourth-order valence-electron chi connectivity index (χ4n) is 1.29. The van der Waals surface area contributed by atoms with E-state index >= 15 is 0 Å². The second kappa shape index (κ2) is 5.83. The third kappa shape index (κ3) is 3.41. The zero-order chi connectivity index (χ0) is 13.9. The molecule has 0 atom stereocenters. The molecule has 2 N–H and O–H groups in total. The van der Waals surface area contributed by atoms with E-state index in [2.05, 4.69) is 21.4 Å². The largest absolute Gasteiger partial charge is 0.273 e. The predicted molar refractivity (Wildman–Crippen MR) is 76.2 cm³/mol. The number of hydrogen-bond donors (Lipinski definition) is 2. The Kier molecular flexibility index (Phi) is 4.35. The molecule has 0 aliphatic carbocycles. The summed E-state index contributed by atoms with van der Waals surface area (Å²) in [5.41, 5.74) is 2.51. The van der Waals surface area contributed by atoms with E-state index in [0.717, 1.165) is 11.3 Å². The molecule has 0 aliphatic heterocycles. The Labute approximate surface area is 122 Å². The van der Waals surface area contributed by atoms with Crippen LogP contribution in [0.4, 0.5) is 0 Å². The SMILES string of the molecule is O=C(NNS(=O)(=O)c1cccs1)c1ccccc1Br. The minimum atomic E-state index is -3.71. The molecule has 0 saturated heterocycles. The van der Waals surface area contributed by atoms with Crippen LogP contribution in [0, 0.1) is 0 Å². The number of hydrazine groups is 1.